The standard InChI is InChI=1S/C32H40N2O3S/c1-21-17-26(13-16-30(21)37-3)24-9-7-23(8-10-24)20-34(32(36)25-11-14-29(35)15-12-25)28-6-4-5-27(18-28)31-33-19-22(2)38-31/h4-6,13,16-19,23-25,29,35H,7-12,14-15,20H2,1-3H3. The van der Waals surface area contributed by atoms with Crippen LogP contribution in [0.3, 0.4) is 0 Å². The van der Waals surface area contributed by atoms with Gasteiger partial charge in [-0.1, -0.05) is 24.3 Å². The lowest BCUT2D eigenvalue weighted by Gasteiger charge is -2.36. The first-order chi connectivity index (χ1) is 18.4. The molecule has 202 valence electrons. The van der Waals surface area contributed by atoms with Crippen molar-refractivity contribution in [1.29, 1.82) is 0 Å². The third-order valence-electron chi connectivity index (χ3n) is 8.52. The van der Waals surface area contributed by atoms with Crippen LogP contribution in [0.1, 0.15) is 73.3 Å². The van der Waals surface area contributed by atoms with Gasteiger partial charge in [0.15, 0.2) is 0 Å². The molecule has 38 heavy (non-hydrogen) atoms. The first kappa shape index (κ1) is 26.9. The Morgan fingerprint density at radius 1 is 1.03 bits per heavy atom. The molecule has 2 aliphatic carbocycles. The molecule has 6 heteroatoms. The maximum absolute atomic E-state index is 13.9. The summed E-state index contributed by atoms with van der Waals surface area (Å²) in [4.78, 5) is 21.8. The lowest BCUT2D eigenvalue weighted by Crippen LogP contribution is -2.41. The highest BCUT2D eigenvalue weighted by molar-refractivity contribution is 7.14. The topological polar surface area (TPSA) is 62.7 Å². The number of thiazole rings is 1. The Morgan fingerprint density at radius 2 is 1.79 bits per heavy atom. The number of aryl methyl sites for hydroxylation is 2. The van der Waals surface area contributed by atoms with Gasteiger partial charge in [-0.15, -0.1) is 11.3 Å². The van der Waals surface area contributed by atoms with Crippen molar-refractivity contribution in [2.24, 2.45) is 11.8 Å². The van der Waals surface area contributed by atoms with Gasteiger partial charge >= 0.3 is 0 Å². The van der Waals surface area contributed by atoms with Crippen molar-refractivity contribution in [2.45, 2.75) is 77.2 Å². The summed E-state index contributed by atoms with van der Waals surface area (Å²) in [6.45, 7) is 4.94. The predicted octanol–water partition coefficient (Wildman–Crippen LogP) is 7.29. The van der Waals surface area contributed by atoms with Gasteiger partial charge in [0, 0.05) is 34.8 Å². The van der Waals surface area contributed by atoms with E-state index in [1.807, 2.05) is 6.20 Å². The fourth-order valence-corrected chi connectivity index (χ4v) is 7.01. The van der Waals surface area contributed by atoms with Crippen molar-refractivity contribution in [3.63, 3.8) is 0 Å². The van der Waals surface area contributed by atoms with Crippen LogP contribution in [0.4, 0.5) is 5.69 Å². The number of aliphatic hydroxyl groups is 1. The van der Waals surface area contributed by atoms with Gasteiger partial charge < -0.3 is 14.7 Å². The molecule has 2 aromatic carbocycles. The van der Waals surface area contributed by atoms with Crippen LogP contribution in [0.15, 0.2) is 48.7 Å². The van der Waals surface area contributed by atoms with E-state index in [1.54, 1.807) is 18.4 Å². The van der Waals surface area contributed by atoms with E-state index in [0.717, 1.165) is 79.9 Å². The highest BCUT2D eigenvalue weighted by Crippen LogP contribution is 2.39. The molecular formula is C32H40N2O3S. The lowest BCUT2D eigenvalue weighted by molar-refractivity contribution is -0.124. The van der Waals surface area contributed by atoms with E-state index in [9.17, 15) is 9.90 Å². The summed E-state index contributed by atoms with van der Waals surface area (Å²) in [5, 5.41) is 11.0. The molecule has 0 aliphatic heterocycles. The van der Waals surface area contributed by atoms with E-state index >= 15 is 0 Å². The molecule has 2 fully saturated rings. The Labute approximate surface area is 230 Å². The Balaban J connectivity index is 1.32. The Morgan fingerprint density at radius 3 is 2.45 bits per heavy atom. The summed E-state index contributed by atoms with van der Waals surface area (Å²) in [7, 11) is 1.73. The fourth-order valence-electron chi connectivity index (χ4n) is 6.25. The van der Waals surface area contributed by atoms with Crippen molar-refractivity contribution in [2.75, 3.05) is 18.6 Å². The van der Waals surface area contributed by atoms with Crippen molar-refractivity contribution >= 4 is 22.9 Å². The monoisotopic (exact) mass is 532 g/mol. The predicted molar refractivity (Wildman–Crippen MR) is 155 cm³/mol. The highest BCUT2D eigenvalue weighted by atomic mass is 32.1. The van der Waals surface area contributed by atoms with Crippen LogP contribution in [0, 0.1) is 25.7 Å². The third kappa shape index (κ3) is 6.13. The van der Waals surface area contributed by atoms with Gasteiger partial charge in [0.2, 0.25) is 5.91 Å². The number of benzene rings is 2. The van der Waals surface area contributed by atoms with Crippen molar-refractivity contribution < 1.29 is 14.6 Å². The smallest absolute Gasteiger partial charge is 0.230 e. The molecule has 0 bridgehead atoms. The van der Waals surface area contributed by atoms with E-state index in [-0.39, 0.29) is 17.9 Å². The number of carbonyl (C=O) groups excluding carboxylic acids is 1. The lowest BCUT2D eigenvalue weighted by atomic mass is 9.78. The normalized spacial score (nSPS) is 23.7. The second kappa shape index (κ2) is 12.0. The first-order valence-corrected chi connectivity index (χ1v) is 14.9. The van der Waals surface area contributed by atoms with Gasteiger partial charge in [-0.25, -0.2) is 4.98 Å². The molecule has 0 unspecified atom stereocenters. The number of amides is 1. The maximum Gasteiger partial charge on any atom is 0.230 e. The van der Waals surface area contributed by atoms with Gasteiger partial charge in [0.05, 0.1) is 13.2 Å². The number of ether oxygens (including phenoxy) is 1. The number of aromatic nitrogens is 1. The van der Waals surface area contributed by atoms with Crippen LogP contribution >= 0.6 is 11.3 Å². The second-order valence-electron chi connectivity index (χ2n) is 11.2. The minimum atomic E-state index is -0.263. The van der Waals surface area contributed by atoms with Crippen LogP contribution in [0.25, 0.3) is 10.6 Å². The number of hydrogen-bond donors (Lipinski definition) is 1. The molecule has 0 spiro atoms. The maximum atomic E-state index is 13.9. The molecule has 5 rings (SSSR count). The summed E-state index contributed by atoms with van der Waals surface area (Å²) in [5.41, 5.74) is 4.63. The van der Waals surface area contributed by atoms with Gasteiger partial charge in [-0.05, 0) is 106 Å². The molecule has 1 aromatic heterocycles. The number of aliphatic hydroxyl groups excluding tert-OH is 1. The number of nitrogens with zero attached hydrogens (tertiary/aromatic N) is 2. The quantitative estimate of drug-likeness (QED) is 0.347. The van der Waals surface area contributed by atoms with Gasteiger partial charge in [0.1, 0.15) is 10.8 Å². The van der Waals surface area contributed by atoms with E-state index < -0.39 is 0 Å². The molecule has 5 nitrogen and oxygen atoms in total. The van der Waals surface area contributed by atoms with Crippen LogP contribution < -0.4 is 9.64 Å². The molecule has 1 N–H and O–H groups in total. The minimum Gasteiger partial charge on any atom is -0.496 e. The third-order valence-corrected chi connectivity index (χ3v) is 9.48. The zero-order valence-corrected chi connectivity index (χ0v) is 23.7. The van der Waals surface area contributed by atoms with Crippen LogP contribution in [0.5, 0.6) is 5.75 Å². The zero-order valence-electron chi connectivity index (χ0n) is 22.9. The number of anilines is 1. The van der Waals surface area contributed by atoms with Crippen LogP contribution in [0.2, 0.25) is 0 Å². The van der Waals surface area contributed by atoms with E-state index in [2.05, 4.69) is 66.2 Å². The van der Waals surface area contributed by atoms with Gasteiger partial charge in [-0.2, -0.15) is 0 Å². The molecule has 0 radical (unpaired) electrons. The van der Waals surface area contributed by atoms with Crippen molar-refractivity contribution in [1.82, 2.24) is 4.98 Å². The number of methoxy groups -OCH3 is 1. The van der Waals surface area contributed by atoms with Crippen molar-refractivity contribution in [3.05, 3.63) is 64.7 Å². The second-order valence-corrected chi connectivity index (χ2v) is 12.5. The molecule has 2 saturated carbocycles. The molecular weight excluding hydrogens is 492 g/mol. The summed E-state index contributed by atoms with van der Waals surface area (Å²) < 4.78 is 5.45. The van der Waals surface area contributed by atoms with Crippen LogP contribution in [-0.4, -0.2) is 35.8 Å². The minimum absolute atomic E-state index is 0.0113. The Hall–Kier alpha value is -2.70. The SMILES string of the molecule is COc1ccc(C2CCC(CN(C(=O)C3CCC(O)CC3)c3cccc(-c4ncc(C)s4)c3)CC2)cc1C. The van der Waals surface area contributed by atoms with E-state index in [0.29, 0.717) is 11.8 Å². The average molecular weight is 533 g/mol. The molecule has 2 aliphatic rings. The van der Waals surface area contributed by atoms with E-state index in [1.165, 1.54) is 16.0 Å². The molecule has 1 amide bonds. The molecule has 0 saturated heterocycles. The number of hydrogen-bond acceptors (Lipinski definition) is 5. The first-order valence-electron chi connectivity index (χ1n) is 14.1. The highest BCUT2D eigenvalue weighted by Gasteiger charge is 2.32. The number of rotatable bonds is 7. The summed E-state index contributed by atoms with van der Waals surface area (Å²) in [6.07, 6.45) is 9.15. The van der Waals surface area contributed by atoms with Gasteiger partial charge in [-0.3, -0.25) is 4.79 Å². The summed E-state index contributed by atoms with van der Waals surface area (Å²) >= 11 is 1.68. The molecule has 0 atom stereocenters. The van der Waals surface area contributed by atoms with Crippen molar-refractivity contribution in [3.8, 4) is 16.3 Å². The van der Waals surface area contributed by atoms with E-state index in [4.69, 9.17) is 4.74 Å². The average Bonchev–Trinajstić information content (AvgIpc) is 3.38. The summed E-state index contributed by atoms with van der Waals surface area (Å²) in [6, 6.07) is 14.9. The van der Waals surface area contributed by atoms with Gasteiger partial charge in [0.25, 0.3) is 0 Å². The van der Waals surface area contributed by atoms with Crippen LogP contribution in [-0.2, 0) is 4.79 Å². The zero-order chi connectivity index (χ0) is 26.6. The fraction of sp³-hybridized carbons (Fsp3) is 0.500. The molecule has 3 aromatic rings. The number of carbonyl (C=O) groups is 1. The largest absolute Gasteiger partial charge is 0.496 e. The summed E-state index contributed by atoms with van der Waals surface area (Å²) in [5.74, 6) is 2.20. The Bertz CT molecular complexity index is 1240. The molecule has 1 heterocycles. The Kier molecular flexibility index (Phi) is 8.49.